The molecular formula is C25H18F3N2O+. The van der Waals surface area contributed by atoms with Crippen molar-refractivity contribution in [3.05, 3.63) is 95.2 Å². The normalized spacial score (nSPS) is 14.7. The minimum atomic E-state index is -4.38. The maximum atomic E-state index is 13.1. The Morgan fingerprint density at radius 1 is 0.968 bits per heavy atom. The third kappa shape index (κ3) is 3.30. The molecule has 2 N–H and O–H groups in total. The molecule has 0 saturated heterocycles. The Labute approximate surface area is 176 Å². The van der Waals surface area contributed by atoms with Gasteiger partial charge in [0, 0.05) is 34.3 Å². The number of para-hydroxylation sites is 1. The highest BCUT2D eigenvalue weighted by Crippen LogP contribution is 2.39. The highest BCUT2D eigenvalue weighted by molar-refractivity contribution is 6.24. The first-order valence-electron chi connectivity index (χ1n) is 9.72. The molecule has 1 aliphatic heterocycles. The van der Waals surface area contributed by atoms with Gasteiger partial charge in [0.25, 0.3) is 0 Å². The van der Waals surface area contributed by atoms with Crippen LogP contribution in [0.1, 0.15) is 22.3 Å². The summed E-state index contributed by atoms with van der Waals surface area (Å²) >= 11 is 0. The number of aromatic nitrogens is 1. The molecule has 1 aromatic heterocycles. The van der Waals surface area contributed by atoms with Gasteiger partial charge in [-0.05, 0) is 35.9 Å². The van der Waals surface area contributed by atoms with Crippen LogP contribution in [0.2, 0.25) is 0 Å². The van der Waals surface area contributed by atoms with E-state index in [2.05, 4.69) is 9.98 Å². The molecule has 3 nitrogen and oxygen atoms in total. The molecule has 0 radical (unpaired) electrons. The first-order valence-corrected chi connectivity index (χ1v) is 9.72. The van der Waals surface area contributed by atoms with E-state index in [1.807, 2.05) is 54.9 Å². The van der Waals surface area contributed by atoms with E-state index in [4.69, 9.17) is 4.74 Å². The molecule has 0 amide bonds. The minimum Gasteiger partial charge on any atom is -0.497 e. The van der Waals surface area contributed by atoms with Gasteiger partial charge in [0.05, 0.1) is 23.8 Å². The fraction of sp³-hybridized carbons (Fsp3) is 0.0800. The Morgan fingerprint density at radius 3 is 2.48 bits per heavy atom. The lowest BCUT2D eigenvalue weighted by Crippen LogP contribution is -2.58. The van der Waals surface area contributed by atoms with Gasteiger partial charge in [0.2, 0.25) is 5.69 Å². The Morgan fingerprint density at radius 2 is 1.74 bits per heavy atom. The Kier molecular flexibility index (Phi) is 4.43. The van der Waals surface area contributed by atoms with Crippen LogP contribution in [0, 0.1) is 0 Å². The maximum absolute atomic E-state index is 13.1. The van der Waals surface area contributed by atoms with E-state index in [9.17, 15) is 13.2 Å². The van der Waals surface area contributed by atoms with Gasteiger partial charge >= 0.3 is 6.18 Å². The van der Waals surface area contributed by atoms with E-state index < -0.39 is 11.7 Å². The van der Waals surface area contributed by atoms with Crippen LogP contribution in [0.4, 0.5) is 18.9 Å². The van der Waals surface area contributed by atoms with Crippen molar-refractivity contribution in [3.63, 3.8) is 0 Å². The first kappa shape index (κ1) is 19.2. The molecule has 0 fully saturated rings. The van der Waals surface area contributed by atoms with Crippen molar-refractivity contribution in [2.75, 3.05) is 7.11 Å². The highest BCUT2D eigenvalue weighted by Gasteiger charge is 2.31. The van der Waals surface area contributed by atoms with Crippen molar-refractivity contribution in [1.29, 1.82) is 0 Å². The van der Waals surface area contributed by atoms with Crippen LogP contribution >= 0.6 is 0 Å². The van der Waals surface area contributed by atoms with Crippen molar-refractivity contribution in [2.24, 2.45) is 0 Å². The SMILES string of the molecule is COc1ccc2c(c1)/C(=C(\c1ccc(C(F)(F)F)cc1)c1c[nH]c3ccccc13)C=[NH+]2. The van der Waals surface area contributed by atoms with Crippen LogP contribution < -0.4 is 9.73 Å². The molecule has 2 heterocycles. The lowest BCUT2D eigenvalue weighted by molar-refractivity contribution is -0.342. The number of halogens is 3. The predicted octanol–water partition coefficient (Wildman–Crippen LogP) is 4.95. The molecule has 0 aliphatic carbocycles. The molecule has 154 valence electrons. The third-order valence-corrected chi connectivity index (χ3v) is 5.52. The van der Waals surface area contributed by atoms with Crippen molar-refractivity contribution in [2.45, 2.75) is 6.18 Å². The summed E-state index contributed by atoms with van der Waals surface area (Å²) in [4.78, 5) is 6.54. The zero-order valence-corrected chi connectivity index (χ0v) is 16.5. The molecule has 31 heavy (non-hydrogen) atoms. The number of alkyl halides is 3. The van der Waals surface area contributed by atoms with Crippen molar-refractivity contribution in [3.8, 4) is 5.75 Å². The van der Waals surface area contributed by atoms with Gasteiger partial charge in [-0.3, -0.25) is 0 Å². The van der Waals surface area contributed by atoms with Gasteiger partial charge in [0.1, 0.15) is 5.75 Å². The molecule has 6 heteroatoms. The van der Waals surface area contributed by atoms with Crippen LogP contribution in [-0.2, 0) is 6.18 Å². The van der Waals surface area contributed by atoms with E-state index in [0.717, 1.165) is 51.0 Å². The number of rotatable bonds is 3. The summed E-state index contributed by atoms with van der Waals surface area (Å²) in [6, 6.07) is 18.9. The van der Waals surface area contributed by atoms with E-state index in [0.29, 0.717) is 11.3 Å². The third-order valence-electron chi connectivity index (χ3n) is 5.52. The fourth-order valence-electron chi connectivity index (χ4n) is 3.99. The Bertz CT molecular complexity index is 1350. The average Bonchev–Trinajstić information content (AvgIpc) is 3.38. The van der Waals surface area contributed by atoms with Crippen LogP contribution in [0.25, 0.3) is 22.0 Å². The number of benzene rings is 3. The van der Waals surface area contributed by atoms with E-state index in [1.165, 1.54) is 12.1 Å². The van der Waals surface area contributed by atoms with Gasteiger partial charge in [0.15, 0.2) is 6.21 Å². The molecule has 0 atom stereocenters. The van der Waals surface area contributed by atoms with Gasteiger partial charge in [-0.2, -0.15) is 13.2 Å². The lowest BCUT2D eigenvalue weighted by Gasteiger charge is -2.13. The second-order valence-corrected chi connectivity index (χ2v) is 7.31. The number of allylic oxidation sites excluding steroid dienone is 1. The molecular weight excluding hydrogens is 401 g/mol. The lowest BCUT2D eigenvalue weighted by atomic mass is 9.89. The second-order valence-electron chi connectivity index (χ2n) is 7.31. The maximum Gasteiger partial charge on any atom is 0.416 e. The summed E-state index contributed by atoms with van der Waals surface area (Å²) in [6.45, 7) is 0. The highest BCUT2D eigenvalue weighted by atomic mass is 19.4. The number of fused-ring (bicyclic) bond motifs is 2. The zero-order valence-electron chi connectivity index (χ0n) is 16.5. The van der Waals surface area contributed by atoms with Gasteiger partial charge in [-0.1, -0.05) is 30.3 Å². The quantitative estimate of drug-likeness (QED) is 0.485. The molecule has 3 aromatic carbocycles. The van der Waals surface area contributed by atoms with Gasteiger partial charge in [-0.15, -0.1) is 0 Å². The van der Waals surface area contributed by atoms with E-state index >= 15 is 0 Å². The van der Waals surface area contributed by atoms with Crippen molar-refractivity contribution < 1.29 is 22.9 Å². The molecule has 0 spiro atoms. The van der Waals surface area contributed by atoms with Crippen LogP contribution in [0.3, 0.4) is 0 Å². The molecule has 0 bridgehead atoms. The summed E-state index contributed by atoms with van der Waals surface area (Å²) < 4.78 is 44.8. The van der Waals surface area contributed by atoms with Crippen molar-refractivity contribution >= 4 is 34.0 Å². The molecule has 0 saturated carbocycles. The topological polar surface area (TPSA) is 39.0 Å². The summed E-state index contributed by atoms with van der Waals surface area (Å²) in [5, 5.41) is 0.995. The second kappa shape index (κ2) is 7.16. The van der Waals surface area contributed by atoms with Gasteiger partial charge in [-0.25, -0.2) is 4.99 Å². The number of ether oxygens (including phenoxy) is 1. The monoisotopic (exact) mass is 419 g/mol. The summed E-state index contributed by atoms with van der Waals surface area (Å²) in [5.41, 5.74) is 5.47. The van der Waals surface area contributed by atoms with Crippen LogP contribution in [0.15, 0.2) is 72.9 Å². The fourth-order valence-corrected chi connectivity index (χ4v) is 3.99. The first-order chi connectivity index (χ1) is 15.0. The van der Waals surface area contributed by atoms with E-state index in [-0.39, 0.29) is 0 Å². The number of hydrogen-bond donors (Lipinski definition) is 2. The van der Waals surface area contributed by atoms with E-state index in [1.54, 1.807) is 7.11 Å². The smallest absolute Gasteiger partial charge is 0.416 e. The Balaban J connectivity index is 1.78. The Hall–Kier alpha value is -3.80. The standard InChI is InChI=1S/C25H17F3N2O/c1-31-17-10-11-23-19(12-17)21(14-30-23)24(15-6-8-16(9-7-15)25(26,27)28)20-13-29-22-5-3-2-4-18(20)22/h2-14,29H,1H3/p+1/b24-21+. The molecule has 1 aliphatic rings. The number of methoxy groups -OCH3 is 1. The summed E-state index contributed by atoms with van der Waals surface area (Å²) in [6.07, 6.45) is -0.594. The molecule has 0 unspecified atom stereocenters. The molecule has 4 aromatic rings. The zero-order chi connectivity index (χ0) is 21.6. The minimum absolute atomic E-state index is 0.671. The summed E-state index contributed by atoms with van der Waals surface area (Å²) in [7, 11) is 1.60. The van der Waals surface area contributed by atoms with Crippen LogP contribution in [0.5, 0.6) is 5.75 Å². The summed E-state index contributed by atoms with van der Waals surface area (Å²) in [5.74, 6) is 0.707. The van der Waals surface area contributed by atoms with Gasteiger partial charge < -0.3 is 9.72 Å². The largest absolute Gasteiger partial charge is 0.497 e. The number of hydrogen-bond acceptors (Lipinski definition) is 1. The number of H-pyrrole nitrogens is 1. The predicted molar refractivity (Wildman–Crippen MR) is 115 cm³/mol. The molecule has 5 rings (SSSR count). The van der Waals surface area contributed by atoms with Crippen molar-refractivity contribution in [1.82, 2.24) is 4.98 Å². The van der Waals surface area contributed by atoms with Crippen LogP contribution in [-0.4, -0.2) is 18.3 Å². The number of nitrogens with one attached hydrogen (secondary N) is 2. The average molecular weight is 419 g/mol. The number of aromatic amines is 1.